The van der Waals surface area contributed by atoms with E-state index >= 15 is 0 Å². The Morgan fingerprint density at radius 2 is 1.80 bits per heavy atom. The van der Waals surface area contributed by atoms with Gasteiger partial charge in [-0.15, -0.1) is 0 Å². The maximum atomic E-state index is 12.8. The molecule has 35 heavy (non-hydrogen) atoms. The average molecular weight is 498 g/mol. The molecule has 8 heteroatoms. The normalized spacial score (nSPS) is 27.3. The van der Waals surface area contributed by atoms with Gasteiger partial charge in [-0.2, -0.15) is 11.8 Å². The van der Waals surface area contributed by atoms with Crippen LogP contribution in [0.2, 0.25) is 0 Å². The molecule has 0 saturated carbocycles. The van der Waals surface area contributed by atoms with E-state index in [0.29, 0.717) is 23.6 Å². The first-order chi connectivity index (χ1) is 16.9. The number of carbonyl (C=O) groups is 2. The number of fused-ring (bicyclic) bond motifs is 1. The van der Waals surface area contributed by atoms with Crippen LogP contribution in [-0.2, 0) is 4.79 Å². The Balaban J connectivity index is 1.02. The molecule has 4 fully saturated rings. The number of benzene rings is 1. The van der Waals surface area contributed by atoms with E-state index in [1.165, 1.54) is 22.4 Å². The van der Waals surface area contributed by atoms with E-state index in [1.807, 2.05) is 11.8 Å². The van der Waals surface area contributed by atoms with E-state index in [4.69, 9.17) is 0 Å². The lowest BCUT2D eigenvalue weighted by atomic mass is 10.0. The zero-order valence-electron chi connectivity index (χ0n) is 21.3. The summed E-state index contributed by atoms with van der Waals surface area (Å²) < 4.78 is 0. The second-order valence-electron chi connectivity index (χ2n) is 10.7. The molecule has 0 aromatic heterocycles. The predicted molar refractivity (Wildman–Crippen MR) is 142 cm³/mol. The number of likely N-dealkylation sites (tertiary alicyclic amines) is 1. The zero-order chi connectivity index (χ0) is 24.5. The lowest BCUT2D eigenvalue weighted by Crippen LogP contribution is -2.45. The minimum atomic E-state index is -0.0268. The van der Waals surface area contributed by atoms with Crippen molar-refractivity contribution in [2.75, 3.05) is 36.8 Å². The van der Waals surface area contributed by atoms with Crippen molar-refractivity contribution >= 4 is 29.4 Å². The molecule has 4 aliphatic rings. The van der Waals surface area contributed by atoms with E-state index in [-0.39, 0.29) is 18.1 Å². The Hall–Kier alpha value is -1.93. The van der Waals surface area contributed by atoms with E-state index in [1.54, 1.807) is 0 Å². The van der Waals surface area contributed by atoms with Crippen LogP contribution in [0.5, 0.6) is 0 Å². The third-order valence-electron chi connectivity index (χ3n) is 8.04. The Morgan fingerprint density at radius 1 is 1.06 bits per heavy atom. The van der Waals surface area contributed by atoms with Crippen molar-refractivity contribution in [3.05, 3.63) is 35.5 Å². The van der Waals surface area contributed by atoms with Gasteiger partial charge >= 0.3 is 6.03 Å². The highest BCUT2D eigenvalue weighted by molar-refractivity contribution is 8.00. The fourth-order valence-electron chi connectivity index (χ4n) is 6.34. The molecular weight excluding hydrogens is 458 g/mol. The molecule has 190 valence electrons. The largest absolute Gasteiger partial charge is 0.345 e. The molecular formula is C27H39N5O2S. The monoisotopic (exact) mass is 497 g/mol. The first-order valence-electron chi connectivity index (χ1n) is 13.2. The molecule has 5 rings (SSSR count). The minimum absolute atomic E-state index is 0.0268. The predicted octanol–water partition coefficient (Wildman–Crippen LogP) is 3.45. The summed E-state index contributed by atoms with van der Waals surface area (Å²) in [6, 6.07) is 5.49. The quantitative estimate of drug-likeness (QED) is 0.446. The van der Waals surface area contributed by atoms with Gasteiger partial charge in [-0.25, -0.2) is 4.79 Å². The molecule has 0 bridgehead atoms. The van der Waals surface area contributed by atoms with Gasteiger partial charge in [0.25, 0.3) is 0 Å². The van der Waals surface area contributed by atoms with Gasteiger partial charge in [0, 0.05) is 55.3 Å². The van der Waals surface area contributed by atoms with Gasteiger partial charge in [0.15, 0.2) is 6.67 Å². The molecule has 4 saturated heterocycles. The number of carbonyl (C=O) groups excluding carboxylic acids is 2. The number of thioether (sulfide) groups is 1. The molecule has 0 spiro atoms. The number of rotatable bonds is 7. The summed E-state index contributed by atoms with van der Waals surface area (Å²) in [5.41, 5.74) is 5.23. The minimum Gasteiger partial charge on any atom is -0.345 e. The molecule has 1 aromatic rings. The Morgan fingerprint density at radius 3 is 2.54 bits per heavy atom. The second-order valence-corrected chi connectivity index (χ2v) is 11.9. The Kier molecular flexibility index (Phi) is 7.49. The zero-order valence-corrected chi connectivity index (χ0v) is 22.1. The SMILES string of the molecule is Cc1cc(C)c(N2[C]N(C3CCN(C(=O)CCCC[C@@H]4SC[C@@H]5NC(=O)N[C@@H]54)CC3)CC2)c(C)c1. The molecule has 7 nitrogen and oxygen atoms in total. The Labute approximate surface area is 214 Å². The summed E-state index contributed by atoms with van der Waals surface area (Å²) in [6.07, 6.45) is 5.74. The molecule has 4 heterocycles. The fourth-order valence-corrected chi connectivity index (χ4v) is 7.88. The number of anilines is 1. The average Bonchev–Trinajstić information content (AvgIpc) is 3.53. The summed E-state index contributed by atoms with van der Waals surface area (Å²) in [5.74, 6) is 1.30. The van der Waals surface area contributed by atoms with E-state index < -0.39 is 0 Å². The van der Waals surface area contributed by atoms with Crippen molar-refractivity contribution in [3.8, 4) is 0 Å². The lowest BCUT2D eigenvalue weighted by molar-refractivity contribution is -0.132. The molecule has 0 aliphatic carbocycles. The molecule has 3 atom stereocenters. The number of unbranched alkanes of at least 4 members (excludes halogenated alkanes) is 1. The number of hydrogen-bond donors (Lipinski definition) is 2. The first kappa shape index (κ1) is 24.8. The maximum absolute atomic E-state index is 12.8. The van der Waals surface area contributed by atoms with Crippen molar-refractivity contribution in [3.63, 3.8) is 0 Å². The third kappa shape index (κ3) is 5.43. The summed E-state index contributed by atoms with van der Waals surface area (Å²) in [5, 5.41) is 6.53. The Bertz CT molecular complexity index is 924. The molecule has 1 aromatic carbocycles. The number of hydrogen-bond acceptors (Lipinski definition) is 5. The van der Waals surface area contributed by atoms with Crippen molar-refractivity contribution in [2.24, 2.45) is 0 Å². The highest BCUT2D eigenvalue weighted by Crippen LogP contribution is 2.34. The van der Waals surface area contributed by atoms with Gasteiger partial charge in [-0.1, -0.05) is 24.1 Å². The maximum Gasteiger partial charge on any atom is 0.315 e. The van der Waals surface area contributed by atoms with Gasteiger partial charge in [0.05, 0.1) is 12.1 Å². The van der Waals surface area contributed by atoms with Crippen LogP contribution in [0, 0.1) is 27.4 Å². The van der Waals surface area contributed by atoms with Gasteiger partial charge in [0.2, 0.25) is 5.91 Å². The standard InChI is InChI=1S/C27H39N5O2S/c1-18-14-19(2)26(20(3)15-18)32-13-12-31(17-32)21-8-10-30(11-9-21)24(33)7-5-4-6-23-25-22(16-35-23)28-27(34)29-25/h14-15,21-23,25H,4-13,16H2,1-3H3,(H2,28,29,34)/t22-,23-,25-/m0/s1. The van der Waals surface area contributed by atoms with Gasteiger partial charge < -0.3 is 20.4 Å². The molecule has 2 N–H and O–H groups in total. The summed E-state index contributed by atoms with van der Waals surface area (Å²) in [6.45, 7) is 13.9. The van der Waals surface area contributed by atoms with Crippen LogP contribution in [0.3, 0.4) is 0 Å². The fraction of sp³-hybridized carbons (Fsp3) is 0.667. The van der Waals surface area contributed by atoms with Crippen molar-refractivity contribution in [2.45, 2.75) is 82.7 Å². The van der Waals surface area contributed by atoms with Crippen molar-refractivity contribution < 1.29 is 9.59 Å². The van der Waals surface area contributed by atoms with Gasteiger partial charge in [-0.05, 0) is 57.6 Å². The van der Waals surface area contributed by atoms with Gasteiger partial charge in [-0.3, -0.25) is 9.69 Å². The van der Waals surface area contributed by atoms with Crippen molar-refractivity contribution in [1.82, 2.24) is 20.4 Å². The molecule has 3 amide bonds. The number of nitrogens with one attached hydrogen (secondary N) is 2. The summed E-state index contributed by atoms with van der Waals surface area (Å²) in [7, 11) is 0. The van der Waals surface area contributed by atoms with E-state index in [9.17, 15) is 9.59 Å². The molecule has 0 unspecified atom stereocenters. The van der Waals surface area contributed by atoms with Crippen LogP contribution in [0.1, 0.15) is 55.2 Å². The summed E-state index contributed by atoms with van der Waals surface area (Å²) in [4.78, 5) is 31.1. The molecule has 4 aliphatic heterocycles. The highest BCUT2D eigenvalue weighted by Gasteiger charge is 2.42. The second kappa shape index (κ2) is 10.6. The van der Waals surface area contributed by atoms with E-state index in [2.05, 4.69) is 64.9 Å². The number of urea groups is 1. The topological polar surface area (TPSA) is 67.9 Å². The highest BCUT2D eigenvalue weighted by atomic mass is 32.2. The van der Waals surface area contributed by atoms with Crippen molar-refractivity contribution in [1.29, 1.82) is 0 Å². The number of aryl methyl sites for hydroxylation is 3. The van der Waals surface area contributed by atoms with Crippen LogP contribution in [0.4, 0.5) is 10.5 Å². The number of amides is 3. The molecule has 2 radical (unpaired) electrons. The third-order valence-corrected chi connectivity index (χ3v) is 9.55. The smallest absolute Gasteiger partial charge is 0.315 e. The van der Waals surface area contributed by atoms with Crippen LogP contribution in [0.15, 0.2) is 12.1 Å². The van der Waals surface area contributed by atoms with Gasteiger partial charge in [0.1, 0.15) is 0 Å². The van der Waals surface area contributed by atoms with Crippen LogP contribution >= 0.6 is 11.8 Å². The van der Waals surface area contributed by atoms with Crippen LogP contribution in [0.25, 0.3) is 0 Å². The van der Waals surface area contributed by atoms with Crippen LogP contribution < -0.4 is 15.5 Å². The lowest BCUT2D eigenvalue weighted by Gasteiger charge is -2.36. The van der Waals surface area contributed by atoms with E-state index in [0.717, 1.165) is 64.0 Å². The first-order valence-corrected chi connectivity index (χ1v) is 14.3. The summed E-state index contributed by atoms with van der Waals surface area (Å²) >= 11 is 1.95. The van der Waals surface area contributed by atoms with Crippen LogP contribution in [-0.4, -0.2) is 77.0 Å². The number of nitrogens with zero attached hydrogens (tertiary/aromatic N) is 3. The number of piperidine rings is 1.